The molecule has 3 heterocycles. The van der Waals surface area contributed by atoms with Crippen molar-refractivity contribution in [1.82, 2.24) is 15.1 Å². The molecule has 0 unspecified atom stereocenters. The van der Waals surface area contributed by atoms with E-state index in [-0.39, 0.29) is 17.2 Å². The number of aromatic nitrogens is 2. The normalized spacial score (nSPS) is 33.2. The third-order valence-electron chi connectivity index (χ3n) is 4.92. The minimum Gasteiger partial charge on any atom is -0.392 e. The molecule has 1 amide bonds. The molecular weight excluding hydrogens is 262 g/mol. The van der Waals surface area contributed by atoms with Gasteiger partial charge in [-0.25, -0.2) is 9.89 Å². The summed E-state index contributed by atoms with van der Waals surface area (Å²) < 4.78 is 10.4. The smallest absolute Gasteiger partial charge is 0.392 e. The zero-order valence-corrected chi connectivity index (χ0v) is 11.1. The average molecular weight is 279 g/mol. The van der Waals surface area contributed by atoms with Gasteiger partial charge in [-0.15, -0.1) is 5.10 Å². The van der Waals surface area contributed by atoms with Crippen molar-refractivity contribution in [3.63, 3.8) is 0 Å². The van der Waals surface area contributed by atoms with Crippen molar-refractivity contribution in [3.8, 4) is 0 Å². The first kappa shape index (κ1) is 12.1. The third-order valence-corrected chi connectivity index (χ3v) is 4.92. The molecule has 1 aromatic heterocycles. The molecule has 1 N–H and O–H groups in total. The second kappa shape index (κ2) is 4.18. The molecule has 1 aromatic rings. The summed E-state index contributed by atoms with van der Waals surface area (Å²) >= 11 is 0. The molecule has 3 aliphatic rings. The number of aromatic amines is 1. The number of carbonyl (C=O) groups excluding carboxylic acids is 1. The van der Waals surface area contributed by atoms with Crippen LogP contribution in [0.1, 0.15) is 31.1 Å². The standard InChI is InChI=1S/C13H17N3O4/c17-11(13-5-9(13)6-19-7-13)16-3-1-8(2-4-16)10-14-15-12(18)20-10/h8-9H,1-7H2,(H,15,18)/t9-,13-/m0/s1. The molecule has 108 valence electrons. The van der Waals surface area contributed by atoms with Crippen molar-refractivity contribution in [1.29, 1.82) is 0 Å². The fourth-order valence-electron chi connectivity index (χ4n) is 3.54. The molecule has 0 bridgehead atoms. The van der Waals surface area contributed by atoms with Crippen LogP contribution in [0.3, 0.4) is 0 Å². The van der Waals surface area contributed by atoms with Gasteiger partial charge in [-0.3, -0.25) is 4.79 Å². The summed E-state index contributed by atoms with van der Waals surface area (Å²) in [5, 5.41) is 6.17. The minimum atomic E-state index is -0.513. The molecule has 2 atom stereocenters. The Hall–Kier alpha value is -1.63. The summed E-state index contributed by atoms with van der Waals surface area (Å²) in [7, 11) is 0. The number of nitrogens with zero attached hydrogens (tertiary/aromatic N) is 2. The van der Waals surface area contributed by atoms with Crippen molar-refractivity contribution in [3.05, 3.63) is 16.4 Å². The molecule has 2 saturated heterocycles. The summed E-state index contributed by atoms with van der Waals surface area (Å²) in [6.45, 7) is 2.73. The van der Waals surface area contributed by atoms with Crippen molar-refractivity contribution >= 4 is 5.91 Å². The second-order valence-electron chi connectivity index (χ2n) is 6.09. The molecule has 0 radical (unpaired) electrons. The van der Waals surface area contributed by atoms with Crippen LogP contribution in [0.25, 0.3) is 0 Å². The van der Waals surface area contributed by atoms with Gasteiger partial charge in [0.05, 0.1) is 18.6 Å². The summed E-state index contributed by atoms with van der Waals surface area (Å²) in [5.41, 5.74) is -0.203. The number of carbonyl (C=O) groups is 1. The molecule has 0 aromatic carbocycles. The van der Waals surface area contributed by atoms with E-state index in [2.05, 4.69) is 10.2 Å². The van der Waals surface area contributed by atoms with Crippen molar-refractivity contribution in [2.24, 2.45) is 11.3 Å². The highest BCUT2D eigenvalue weighted by Crippen LogP contribution is 2.58. The van der Waals surface area contributed by atoms with Gasteiger partial charge in [0.15, 0.2) is 0 Å². The monoisotopic (exact) mass is 279 g/mol. The van der Waals surface area contributed by atoms with Gasteiger partial charge in [-0.2, -0.15) is 0 Å². The molecule has 1 saturated carbocycles. The molecular formula is C13H17N3O4. The number of fused-ring (bicyclic) bond motifs is 1. The van der Waals surface area contributed by atoms with Crippen LogP contribution in [-0.4, -0.2) is 47.3 Å². The largest absolute Gasteiger partial charge is 0.434 e. The van der Waals surface area contributed by atoms with Crippen LogP contribution >= 0.6 is 0 Å². The molecule has 2 aliphatic heterocycles. The number of amides is 1. The third kappa shape index (κ3) is 1.72. The first-order chi connectivity index (χ1) is 9.69. The maximum Gasteiger partial charge on any atom is 0.434 e. The number of likely N-dealkylation sites (tertiary alicyclic amines) is 1. The molecule has 0 spiro atoms. The van der Waals surface area contributed by atoms with Gasteiger partial charge < -0.3 is 14.1 Å². The lowest BCUT2D eigenvalue weighted by Crippen LogP contribution is -2.43. The van der Waals surface area contributed by atoms with Gasteiger partial charge in [-0.05, 0) is 19.3 Å². The lowest BCUT2D eigenvalue weighted by atomic mass is 9.95. The number of hydrogen-bond acceptors (Lipinski definition) is 5. The summed E-state index contributed by atoms with van der Waals surface area (Å²) in [5.74, 6) is 0.777. The van der Waals surface area contributed by atoms with E-state index in [9.17, 15) is 9.59 Å². The van der Waals surface area contributed by atoms with Crippen LogP contribution in [0.15, 0.2) is 9.21 Å². The van der Waals surface area contributed by atoms with Gasteiger partial charge in [0.1, 0.15) is 0 Å². The van der Waals surface area contributed by atoms with Crippen molar-refractivity contribution in [2.45, 2.75) is 25.2 Å². The molecule has 7 nitrogen and oxygen atoms in total. The van der Waals surface area contributed by atoms with E-state index in [1.165, 1.54) is 0 Å². The Kier molecular flexibility index (Phi) is 2.54. The van der Waals surface area contributed by atoms with E-state index in [0.717, 1.165) is 25.9 Å². The molecule has 1 aliphatic carbocycles. The Morgan fingerprint density at radius 2 is 2.20 bits per heavy atom. The van der Waals surface area contributed by atoms with E-state index in [4.69, 9.17) is 9.15 Å². The number of nitrogens with one attached hydrogen (secondary N) is 1. The van der Waals surface area contributed by atoms with Crippen LogP contribution in [-0.2, 0) is 9.53 Å². The molecule has 20 heavy (non-hydrogen) atoms. The lowest BCUT2D eigenvalue weighted by molar-refractivity contribution is -0.139. The van der Waals surface area contributed by atoms with Crippen molar-refractivity contribution in [2.75, 3.05) is 26.3 Å². The Morgan fingerprint density at radius 1 is 1.40 bits per heavy atom. The summed E-state index contributed by atoms with van der Waals surface area (Å²) in [6, 6.07) is 0. The van der Waals surface area contributed by atoms with Crippen LogP contribution in [0.5, 0.6) is 0 Å². The number of H-pyrrole nitrogens is 1. The van der Waals surface area contributed by atoms with Crippen LogP contribution in [0.2, 0.25) is 0 Å². The Balaban J connectivity index is 1.40. The number of rotatable bonds is 2. The minimum absolute atomic E-state index is 0.130. The quantitative estimate of drug-likeness (QED) is 0.829. The highest BCUT2D eigenvalue weighted by Gasteiger charge is 2.64. The zero-order valence-electron chi connectivity index (χ0n) is 11.1. The predicted octanol–water partition coefficient (Wildman–Crippen LogP) is 0.105. The van der Waals surface area contributed by atoms with Gasteiger partial charge in [0, 0.05) is 24.9 Å². The van der Waals surface area contributed by atoms with Gasteiger partial charge in [0.25, 0.3) is 0 Å². The highest BCUT2D eigenvalue weighted by atomic mass is 16.5. The fourth-order valence-corrected chi connectivity index (χ4v) is 3.54. The summed E-state index contributed by atoms with van der Waals surface area (Å²) in [6.07, 6.45) is 2.57. The van der Waals surface area contributed by atoms with Crippen LogP contribution in [0.4, 0.5) is 0 Å². The maximum absolute atomic E-state index is 12.6. The van der Waals surface area contributed by atoms with E-state index in [1.807, 2.05) is 4.90 Å². The van der Waals surface area contributed by atoms with Crippen LogP contribution in [0, 0.1) is 11.3 Å². The Labute approximate surface area is 115 Å². The van der Waals surface area contributed by atoms with E-state index < -0.39 is 5.76 Å². The molecule has 7 heteroatoms. The lowest BCUT2D eigenvalue weighted by Gasteiger charge is -2.32. The maximum atomic E-state index is 12.6. The molecule has 3 fully saturated rings. The topological polar surface area (TPSA) is 88.4 Å². The van der Waals surface area contributed by atoms with Gasteiger partial charge in [-0.1, -0.05) is 0 Å². The first-order valence-corrected chi connectivity index (χ1v) is 7.11. The average Bonchev–Trinajstić information content (AvgIpc) is 2.83. The van der Waals surface area contributed by atoms with Crippen molar-refractivity contribution < 1.29 is 13.9 Å². The highest BCUT2D eigenvalue weighted by molar-refractivity contribution is 5.86. The summed E-state index contributed by atoms with van der Waals surface area (Å²) in [4.78, 5) is 25.5. The van der Waals surface area contributed by atoms with Gasteiger partial charge in [0.2, 0.25) is 11.8 Å². The first-order valence-electron chi connectivity index (χ1n) is 7.11. The van der Waals surface area contributed by atoms with Gasteiger partial charge >= 0.3 is 5.76 Å². The Morgan fingerprint density at radius 3 is 2.75 bits per heavy atom. The van der Waals surface area contributed by atoms with E-state index in [0.29, 0.717) is 31.5 Å². The zero-order chi connectivity index (χ0) is 13.7. The second-order valence-corrected chi connectivity index (χ2v) is 6.09. The molecule has 4 rings (SSSR count). The number of ether oxygens (including phenoxy) is 1. The van der Waals surface area contributed by atoms with Crippen LogP contribution < -0.4 is 5.76 Å². The fraction of sp³-hybridized carbons (Fsp3) is 0.769. The number of hydrogen-bond donors (Lipinski definition) is 1. The van der Waals surface area contributed by atoms with E-state index >= 15 is 0 Å². The SMILES string of the molecule is O=C(N1CCC(c2n[nH]c(=O)o2)CC1)[C@@]12COC[C@@H]1C2. The Bertz CT molecular complexity index is 586. The number of piperidine rings is 1. The predicted molar refractivity (Wildman–Crippen MR) is 67.0 cm³/mol. The van der Waals surface area contributed by atoms with E-state index in [1.54, 1.807) is 0 Å².